The number of hydrogen-bond donors (Lipinski definition) is 1. The average Bonchev–Trinajstić information content (AvgIpc) is 2.82. The molecule has 36 heavy (non-hydrogen) atoms. The SMILES string of the molecule is CCCCOC(=O)[C@H](CC)N1C(=O)[C@](C)(CC(=O)O)C[C@H](c2cccc(Cl)c2)[C@H]1c1ccc(Cl)cc1. The number of carbonyl (C=O) groups is 3. The number of piperidine rings is 1. The maximum atomic E-state index is 14.1. The Kier molecular flexibility index (Phi) is 9.42. The molecule has 0 aromatic heterocycles. The quantitative estimate of drug-likeness (QED) is 0.273. The fraction of sp³-hybridized carbons (Fsp3) is 0.464. The van der Waals surface area contributed by atoms with Crippen LogP contribution in [0.2, 0.25) is 10.0 Å². The molecule has 1 amide bonds. The zero-order chi connectivity index (χ0) is 26.5. The molecule has 194 valence electrons. The Balaban J connectivity index is 2.20. The molecule has 1 saturated heterocycles. The number of hydrogen-bond acceptors (Lipinski definition) is 4. The molecule has 1 aliphatic rings. The number of unbranched alkanes of at least 4 members (excludes halogenated alkanes) is 1. The first-order valence-corrected chi connectivity index (χ1v) is 13.1. The van der Waals surface area contributed by atoms with Crippen LogP contribution in [-0.4, -0.2) is 40.5 Å². The van der Waals surface area contributed by atoms with E-state index in [1.807, 2.05) is 44.2 Å². The summed E-state index contributed by atoms with van der Waals surface area (Å²) >= 11 is 12.5. The number of amides is 1. The van der Waals surface area contributed by atoms with Gasteiger partial charge in [0.15, 0.2) is 0 Å². The smallest absolute Gasteiger partial charge is 0.328 e. The van der Waals surface area contributed by atoms with Crippen molar-refractivity contribution in [3.63, 3.8) is 0 Å². The number of rotatable bonds is 10. The predicted octanol–water partition coefficient (Wildman–Crippen LogP) is 6.65. The lowest BCUT2D eigenvalue weighted by atomic mass is 9.67. The van der Waals surface area contributed by atoms with Crippen molar-refractivity contribution in [1.82, 2.24) is 4.90 Å². The van der Waals surface area contributed by atoms with Crippen molar-refractivity contribution in [3.05, 3.63) is 69.7 Å². The topological polar surface area (TPSA) is 83.9 Å². The van der Waals surface area contributed by atoms with Gasteiger partial charge >= 0.3 is 11.9 Å². The lowest BCUT2D eigenvalue weighted by Gasteiger charge is -2.51. The van der Waals surface area contributed by atoms with Crippen molar-refractivity contribution in [2.75, 3.05) is 6.61 Å². The molecule has 1 aliphatic heterocycles. The summed E-state index contributed by atoms with van der Waals surface area (Å²) in [5, 5.41) is 10.8. The summed E-state index contributed by atoms with van der Waals surface area (Å²) in [6.45, 7) is 5.77. The summed E-state index contributed by atoms with van der Waals surface area (Å²) < 4.78 is 5.56. The molecule has 1 heterocycles. The van der Waals surface area contributed by atoms with Gasteiger partial charge in [-0.05, 0) is 54.7 Å². The summed E-state index contributed by atoms with van der Waals surface area (Å²) in [7, 11) is 0. The monoisotopic (exact) mass is 533 g/mol. The van der Waals surface area contributed by atoms with Crippen molar-refractivity contribution in [1.29, 1.82) is 0 Å². The molecule has 8 heteroatoms. The first kappa shape index (κ1) is 28.0. The fourth-order valence-electron chi connectivity index (χ4n) is 5.11. The van der Waals surface area contributed by atoms with E-state index < -0.39 is 29.4 Å². The highest BCUT2D eigenvalue weighted by molar-refractivity contribution is 6.30. The van der Waals surface area contributed by atoms with E-state index in [4.69, 9.17) is 27.9 Å². The highest BCUT2D eigenvalue weighted by Gasteiger charge is 2.53. The number of esters is 1. The van der Waals surface area contributed by atoms with E-state index >= 15 is 0 Å². The first-order valence-electron chi connectivity index (χ1n) is 12.3. The third-order valence-electron chi connectivity index (χ3n) is 6.87. The Morgan fingerprint density at radius 2 is 1.81 bits per heavy atom. The number of likely N-dealkylation sites (tertiary alicyclic amines) is 1. The van der Waals surface area contributed by atoms with E-state index in [1.165, 1.54) is 0 Å². The van der Waals surface area contributed by atoms with E-state index in [9.17, 15) is 19.5 Å². The van der Waals surface area contributed by atoms with Crippen molar-refractivity contribution in [3.8, 4) is 0 Å². The van der Waals surface area contributed by atoms with Crippen LogP contribution in [0.4, 0.5) is 0 Å². The Hall–Kier alpha value is -2.57. The minimum Gasteiger partial charge on any atom is -0.481 e. The van der Waals surface area contributed by atoms with Gasteiger partial charge in [-0.3, -0.25) is 9.59 Å². The maximum Gasteiger partial charge on any atom is 0.328 e. The third-order valence-corrected chi connectivity index (χ3v) is 7.36. The van der Waals surface area contributed by atoms with Gasteiger partial charge in [0.2, 0.25) is 5.91 Å². The second kappa shape index (κ2) is 12.1. The number of nitrogens with zero attached hydrogens (tertiary/aromatic N) is 1. The standard InChI is InChI=1S/C28H33Cl2NO5/c1-4-6-14-36-26(34)23(5-2)31-25(18-10-12-20(29)13-11-18)22(19-8-7-9-21(30)15-19)16-28(3,27(31)35)17-24(32)33/h7-13,15,22-23,25H,4-6,14,16-17H2,1-3H3,(H,32,33)/t22-,23+,25-,28+/m1/s1. The van der Waals surface area contributed by atoms with E-state index in [2.05, 4.69) is 0 Å². The Bertz CT molecular complexity index is 1090. The third kappa shape index (κ3) is 6.22. The zero-order valence-electron chi connectivity index (χ0n) is 20.9. The largest absolute Gasteiger partial charge is 0.481 e. The molecule has 0 spiro atoms. The average molecular weight is 534 g/mol. The van der Waals surface area contributed by atoms with Crippen LogP contribution in [0.3, 0.4) is 0 Å². The minimum absolute atomic E-state index is 0.267. The molecule has 2 aromatic rings. The number of benzene rings is 2. The van der Waals surface area contributed by atoms with Gasteiger partial charge in [-0.2, -0.15) is 0 Å². The second-order valence-electron chi connectivity index (χ2n) is 9.65. The molecule has 6 nitrogen and oxygen atoms in total. The van der Waals surface area contributed by atoms with Crippen LogP contribution >= 0.6 is 23.2 Å². The minimum atomic E-state index is -1.22. The maximum absolute atomic E-state index is 14.1. The van der Waals surface area contributed by atoms with Crippen LogP contribution in [0.15, 0.2) is 48.5 Å². The van der Waals surface area contributed by atoms with Gasteiger partial charge < -0.3 is 14.7 Å². The highest BCUT2D eigenvalue weighted by atomic mass is 35.5. The molecule has 4 atom stereocenters. The molecule has 0 saturated carbocycles. The van der Waals surface area contributed by atoms with Crippen LogP contribution < -0.4 is 0 Å². The number of aliphatic carboxylic acids is 1. The summed E-state index contributed by atoms with van der Waals surface area (Å²) in [4.78, 5) is 40.8. The summed E-state index contributed by atoms with van der Waals surface area (Å²) in [6.07, 6.45) is 1.84. The van der Waals surface area contributed by atoms with Crippen molar-refractivity contribution in [2.45, 2.75) is 70.9 Å². The number of halogens is 2. The van der Waals surface area contributed by atoms with Gasteiger partial charge in [-0.15, -0.1) is 0 Å². The molecule has 0 aliphatic carbocycles. The van der Waals surface area contributed by atoms with E-state index in [0.717, 1.165) is 24.0 Å². The van der Waals surface area contributed by atoms with Crippen LogP contribution in [0.25, 0.3) is 0 Å². The number of carboxylic acid groups (broad SMARTS) is 1. The fourth-order valence-corrected chi connectivity index (χ4v) is 5.44. The predicted molar refractivity (Wildman–Crippen MR) is 140 cm³/mol. The lowest BCUT2D eigenvalue weighted by molar-refractivity contribution is -0.169. The van der Waals surface area contributed by atoms with E-state index in [1.54, 1.807) is 30.0 Å². The molecule has 0 radical (unpaired) electrons. The second-order valence-corrected chi connectivity index (χ2v) is 10.5. The summed E-state index contributed by atoms with van der Waals surface area (Å²) in [6, 6.07) is 13.1. The van der Waals surface area contributed by atoms with Gasteiger partial charge in [-0.1, -0.05) is 74.7 Å². The molecule has 2 aromatic carbocycles. The Morgan fingerprint density at radius 1 is 1.11 bits per heavy atom. The molecule has 1 fully saturated rings. The molecular weight excluding hydrogens is 501 g/mol. The van der Waals surface area contributed by atoms with Gasteiger partial charge in [-0.25, -0.2) is 4.79 Å². The van der Waals surface area contributed by atoms with Crippen molar-refractivity contribution < 1.29 is 24.2 Å². The number of carbonyl (C=O) groups excluding carboxylic acids is 2. The first-order chi connectivity index (χ1) is 17.1. The van der Waals surface area contributed by atoms with Crippen LogP contribution in [0, 0.1) is 5.41 Å². The van der Waals surface area contributed by atoms with Crippen molar-refractivity contribution in [2.24, 2.45) is 5.41 Å². The van der Waals surface area contributed by atoms with Crippen LogP contribution in [-0.2, 0) is 19.1 Å². The van der Waals surface area contributed by atoms with Gasteiger partial charge in [0.1, 0.15) is 6.04 Å². The summed E-state index contributed by atoms with van der Waals surface area (Å²) in [5.41, 5.74) is 0.444. The summed E-state index contributed by atoms with van der Waals surface area (Å²) in [5.74, 6) is -2.24. The Labute approximate surface area is 222 Å². The zero-order valence-corrected chi connectivity index (χ0v) is 22.4. The van der Waals surface area contributed by atoms with Gasteiger partial charge in [0.25, 0.3) is 0 Å². The highest BCUT2D eigenvalue weighted by Crippen LogP contribution is 2.52. The molecule has 3 rings (SSSR count). The molecule has 0 bridgehead atoms. The number of carboxylic acids is 1. The van der Waals surface area contributed by atoms with Crippen molar-refractivity contribution >= 4 is 41.0 Å². The number of ether oxygens (including phenoxy) is 1. The van der Waals surface area contributed by atoms with Gasteiger partial charge in [0.05, 0.1) is 24.5 Å². The van der Waals surface area contributed by atoms with E-state index in [-0.39, 0.29) is 31.3 Å². The molecule has 1 N–H and O–H groups in total. The van der Waals surface area contributed by atoms with E-state index in [0.29, 0.717) is 16.5 Å². The lowest BCUT2D eigenvalue weighted by Crippen LogP contribution is -2.58. The van der Waals surface area contributed by atoms with Gasteiger partial charge in [0, 0.05) is 16.0 Å². The normalized spacial score (nSPS) is 22.8. The Morgan fingerprint density at radius 3 is 2.39 bits per heavy atom. The van der Waals surface area contributed by atoms with Crippen LogP contribution in [0.1, 0.15) is 76.0 Å². The van der Waals surface area contributed by atoms with Crippen LogP contribution in [0.5, 0.6) is 0 Å². The molecule has 0 unspecified atom stereocenters. The molecular formula is C28H33Cl2NO5.